The van der Waals surface area contributed by atoms with Crippen LogP contribution in [0.3, 0.4) is 0 Å². The van der Waals surface area contributed by atoms with Crippen LogP contribution in [0.4, 0.5) is 5.69 Å². The van der Waals surface area contributed by atoms with Crippen molar-refractivity contribution in [1.29, 1.82) is 0 Å². The number of aryl methyl sites for hydroxylation is 1. The fraction of sp³-hybridized carbons (Fsp3) is 0.438. The highest BCUT2D eigenvalue weighted by molar-refractivity contribution is 5.99. The number of benzene rings is 1. The lowest BCUT2D eigenvalue weighted by Gasteiger charge is -2.17. The molecule has 3 N–H and O–H groups in total. The fourth-order valence-electron chi connectivity index (χ4n) is 2.08. The summed E-state index contributed by atoms with van der Waals surface area (Å²) in [5.74, 6) is -1.61. The Kier molecular flexibility index (Phi) is 6.10. The molecule has 1 aromatic carbocycles. The summed E-state index contributed by atoms with van der Waals surface area (Å²) < 4.78 is 0. The zero-order valence-electron chi connectivity index (χ0n) is 13.3. The number of nitrogens with one attached hydrogen (secondary N) is 2. The van der Waals surface area contributed by atoms with Gasteiger partial charge in [0.2, 0.25) is 5.91 Å². The molecule has 1 aromatic rings. The van der Waals surface area contributed by atoms with E-state index in [1.165, 1.54) is 6.92 Å². The molecule has 6 nitrogen and oxygen atoms in total. The van der Waals surface area contributed by atoms with E-state index in [1.54, 1.807) is 25.1 Å². The smallest absolute Gasteiger partial charge is 0.326 e. The van der Waals surface area contributed by atoms with E-state index in [1.807, 2.05) is 13.8 Å². The van der Waals surface area contributed by atoms with Crippen LogP contribution in [0.1, 0.15) is 43.1 Å². The van der Waals surface area contributed by atoms with Crippen molar-refractivity contribution in [2.24, 2.45) is 5.92 Å². The summed E-state index contributed by atoms with van der Waals surface area (Å²) >= 11 is 0. The maximum absolute atomic E-state index is 12.3. The van der Waals surface area contributed by atoms with E-state index in [2.05, 4.69) is 10.6 Å². The molecule has 22 heavy (non-hydrogen) atoms. The van der Waals surface area contributed by atoms with Crippen molar-refractivity contribution in [2.45, 2.75) is 40.2 Å². The van der Waals surface area contributed by atoms with E-state index in [-0.39, 0.29) is 11.8 Å². The molecule has 2 amide bonds. The third-order valence-electron chi connectivity index (χ3n) is 3.11. The van der Waals surface area contributed by atoms with Crippen molar-refractivity contribution < 1.29 is 19.5 Å². The van der Waals surface area contributed by atoms with Crippen LogP contribution in [0.25, 0.3) is 0 Å². The summed E-state index contributed by atoms with van der Waals surface area (Å²) in [5.41, 5.74) is 1.56. The highest BCUT2D eigenvalue weighted by Crippen LogP contribution is 2.16. The number of amides is 2. The van der Waals surface area contributed by atoms with Crippen LogP contribution >= 0.6 is 0 Å². The second-order valence-corrected chi connectivity index (χ2v) is 5.70. The highest BCUT2D eigenvalue weighted by atomic mass is 16.4. The molecule has 0 aliphatic heterocycles. The Labute approximate surface area is 129 Å². The van der Waals surface area contributed by atoms with Gasteiger partial charge in [0, 0.05) is 18.2 Å². The first kappa shape index (κ1) is 17.7. The van der Waals surface area contributed by atoms with E-state index in [4.69, 9.17) is 0 Å². The lowest BCUT2D eigenvalue weighted by molar-refractivity contribution is -0.139. The van der Waals surface area contributed by atoms with Gasteiger partial charge in [0.15, 0.2) is 0 Å². The van der Waals surface area contributed by atoms with Crippen molar-refractivity contribution >= 4 is 23.5 Å². The van der Waals surface area contributed by atoms with Crippen LogP contribution < -0.4 is 10.6 Å². The minimum absolute atomic E-state index is 0.146. The minimum atomic E-state index is -1.06. The number of anilines is 1. The number of rotatable bonds is 6. The van der Waals surface area contributed by atoms with Crippen molar-refractivity contribution in [3.8, 4) is 0 Å². The average Bonchev–Trinajstić information content (AvgIpc) is 2.38. The summed E-state index contributed by atoms with van der Waals surface area (Å²) in [7, 11) is 0. The van der Waals surface area contributed by atoms with Gasteiger partial charge in [-0.1, -0.05) is 19.9 Å². The van der Waals surface area contributed by atoms with Crippen molar-refractivity contribution in [3.05, 3.63) is 29.3 Å². The maximum Gasteiger partial charge on any atom is 0.326 e. The first-order valence-electron chi connectivity index (χ1n) is 7.12. The highest BCUT2D eigenvalue weighted by Gasteiger charge is 2.22. The Balaban J connectivity index is 2.96. The lowest BCUT2D eigenvalue weighted by Crippen LogP contribution is -2.41. The molecule has 0 radical (unpaired) electrons. The van der Waals surface area contributed by atoms with E-state index >= 15 is 0 Å². The monoisotopic (exact) mass is 306 g/mol. The van der Waals surface area contributed by atoms with Crippen molar-refractivity contribution in [2.75, 3.05) is 5.32 Å². The summed E-state index contributed by atoms with van der Waals surface area (Å²) in [6.45, 7) is 6.92. The molecule has 0 heterocycles. The molecule has 0 saturated heterocycles. The largest absolute Gasteiger partial charge is 0.480 e. The van der Waals surface area contributed by atoms with Gasteiger partial charge in [0.05, 0.1) is 0 Å². The quantitative estimate of drug-likeness (QED) is 0.750. The second-order valence-electron chi connectivity index (χ2n) is 5.70. The van der Waals surface area contributed by atoms with Gasteiger partial charge in [0.25, 0.3) is 5.91 Å². The summed E-state index contributed by atoms with van der Waals surface area (Å²) in [5, 5.41) is 14.3. The Morgan fingerprint density at radius 3 is 2.36 bits per heavy atom. The molecule has 6 heteroatoms. The molecule has 0 spiro atoms. The molecule has 0 aliphatic rings. The predicted octanol–water partition coefficient (Wildman–Crippen LogP) is 2.18. The third kappa shape index (κ3) is 5.20. The Morgan fingerprint density at radius 2 is 1.86 bits per heavy atom. The molecule has 1 atom stereocenters. The van der Waals surface area contributed by atoms with Crippen LogP contribution in [0.5, 0.6) is 0 Å². The van der Waals surface area contributed by atoms with Gasteiger partial charge in [-0.25, -0.2) is 4.79 Å². The van der Waals surface area contributed by atoms with Gasteiger partial charge in [0.1, 0.15) is 6.04 Å². The van der Waals surface area contributed by atoms with E-state index < -0.39 is 17.9 Å². The van der Waals surface area contributed by atoms with Crippen LogP contribution in [-0.2, 0) is 9.59 Å². The van der Waals surface area contributed by atoms with Crippen LogP contribution in [0.2, 0.25) is 0 Å². The molecular formula is C16H22N2O4. The van der Waals surface area contributed by atoms with Crippen LogP contribution in [0, 0.1) is 12.8 Å². The number of hydrogen-bond acceptors (Lipinski definition) is 3. The summed E-state index contributed by atoms with van der Waals surface area (Å²) in [4.78, 5) is 34.6. The Hall–Kier alpha value is -2.37. The zero-order chi connectivity index (χ0) is 16.9. The Morgan fingerprint density at radius 1 is 1.23 bits per heavy atom. The third-order valence-corrected chi connectivity index (χ3v) is 3.11. The summed E-state index contributed by atoms with van der Waals surface area (Å²) in [6.07, 6.45) is 0.353. The zero-order valence-corrected chi connectivity index (χ0v) is 13.3. The first-order valence-corrected chi connectivity index (χ1v) is 7.12. The summed E-state index contributed by atoms with van der Waals surface area (Å²) in [6, 6.07) is 4.01. The van der Waals surface area contributed by atoms with Gasteiger partial charge < -0.3 is 15.7 Å². The number of hydrogen-bond donors (Lipinski definition) is 3. The average molecular weight is 306 g/mol. The molecule has 0 saturated carbocycles. The standard InChI is InChI=1S/C16H22N2O4/c1-9(2)7-14(16(21)22)18-15(20)13-8-12(17-11(4)19)6-5-10(13)3/h5-6,8-9,14H,7H2,1-4H3,(H,17,19)(H,18,20)(H,21,22). The van der Waals surface area contributed by atoms with Crippen LogP contribution in [0.15, 0.2) is 18.2 Å². The van der Waals surface area contributed by atoms with Crippen LogP contribution in [-0.4, -0.2) is 28.9 Å². The lowest BCUT2D eigenvalue weighted by atomic mass is 10.0. The predicted molar refractivity (Wildman–Crippen MR) is 83.8 cm³/mol. The topological polar surface area (TPSA) is 95.5 Å². The van der Waals surface area contributed by atoms with Gasteiger partial charge in [-0.05, 0) is 37.0 Å². The molecule has 1 rings (SSSR count). The van der Waals surface area contributed by atoms with Crippen molar-refractivity contribution in [3.63, 3.8) is 0 Å². The molecule has 0 aliphatic carbocycles. The van der Waals surface area contributed by atoms with E-state index in [0.29, 0.717) is 23.2 Å². The number of carbonyl (C=O) groups excluding carboxylic acids is 2. The number of carbonyl (C=O) groups is 3. The molecular weight excluding hydrogens is 284 g/mol. The number of carboxylic acids is 1. The van der Waals surface area contributed by atoms with Gasteiger partial charge in [-0.2, -0.15) is 0 Å². The van der Waals surface area contributed by atoms with Gasteiger partial charge >= 0.3 is 5.97 Å². The molecule has 0 aromatic heterocycles. The fourth-order valence-corrected chi connectivity index (χ4v) is 2.08. The Bertz CT molecular complexity index is 582. The van der Waals surface area contributed by atoms with E-state index in [0.717, 1.165) is 0 Å². The van der Waals surface area contributed by atoms with Crippen molar-refractivity contribution in [1.82, 2.24) is 5.32 Å². The number of aliphatic carboxylic acids is 1. The normalized spacial score (nSPS) is 11.9. The minimum Gasteiger partial charge on any atom is -0.480 e. The molecule has 0 bridgehead atoms. The SMILES string of the molecule is CC(=O)Nc1ccc(C)c(C(=O)NC(CC(C)C)C(=O)O)c1. The second kappa shape index (κ2) is 7.59. The molecule has 120 valence electrons. The molecule has 0 fully saturated rings. The van der Waals surface area contributed by atoms with Gasteiger partial charge in [-0.3, -0.25) is 9.59 Å². The van der Waals surface area contributed by atoms with E-state index in [9.17, 15) is 19.5 Å². The molecule has 1 unspecified atom stereocenters. The first-order chi connectivity index (χ1) is 10.2. The van der Waals surface area contributed by atoms with Gasteiger partial charge in [-0.15, -0.1) is 0 Å². The number of carboxylic acid groups (broad SMARTS) is 1. The maximum atomic E-state index is 12.3.